The van der Waals surface area contributed by atoms with E-state index >= 15 is 0 Å². The van der Waals surface area contributed by atoms with Gasteiger partial charge in [-0.25, -0.2) is 9.97 Å². The van der Waals surface area contributed by atoms with Gasteiger partial charge in [0.05, 0.1) is 0 Å². The van der Waals surface area contributed by atoms with Crippen LogP contribution in [0, 0.1) is 11.8 Å². The van der Waals surface area contributed by atoms with E-state index in [4.69, 9.17) is 0 Å². The fourth-order valence-electron chi connectivity index (χ4n) is 2.17. The van der Waals surface area contributed by atoms with Crippen LogP contribution in [0.3, 0.4) is 0 Å². The third-order valence-electron chi connectivity index (χ3n) is 3.40. The van der Waals surface area contributed by atoms with Gasteiger partial charge >= 0.3 is 0 Å². The molecule has 0 saturated heterocycles. The third-order valence-corrected chi connectivity index (χ3v) is 3.40. The summed E-state index contributed by atoms with van der Waals surface area (Å²) in [6.07, 6.45) is 8.02. The summed E-state index contributed by atoms with van der Waals surface area (Å²) in [5.41, 5.74) is 2.58. The van der Waals surface area contributed by atoms with Crippen LogP contribution in [0.2, 0.25) is 0 Å². The second-order valence-electron chi connectivity index (χ2n) is 5.17. The zero-order valence-electron chi connectivity index (χ0n) is 11.5. The summed E-state index contributed by atoms with van der Waals surface area (Å²) in [5.74, 6) is 7.09. The highest BCUT2D eigenvalue weighted by Gasteiger charge is 2.22. The molecule has 0 unspecified atom stereocenters. The highest BCUT2D eigenvalue weighted by atomic mass is 15.1. The van der Waals surface area contributed by atoms with Crippen molar-refractivity contribution in [2.45, 2.75) is 18.9 Å². The van der Waals surface area contributed by atoms with Crippen molar-refractivity contribution in [1.82, 2.24) is 14.4 Å². The smallest absolute Gasteiger partial charge is 0.180 e. The molecule has 4 nitrogen and oxygen atoms in total. The number of anilines is 1. The number of rotatable bonds is 2. The summed E-state index contributed by atoms with van der Waals surface area (Å²) >= 11 is 0. The predicted molar refractivity (Wildman–Crippen MR) is 82.1 cm³/mol. The Labute approximate surface area is 122 Å². The summed E-state index contributed by atoms with van der Waals surface area (Å²) in [4.78, 5) is 8.95. The number of nitrogens with zero attached hydrogens (tertiary/aromatic N) is 3. The van der Waals surface area contributed by atoms with Crippen molar-refractivity contribution in [3.8, 4) is 11.8 Å². The van der Waals surface area contributed by atoms with E-state index in [9.17, 15) is 0 Å². The Morgan fingerprint density at radius 1 is 1.14 bits per heavy atom. The first kappa shape index (κ1) is 12.0. The minimum absolute atomic E-state index is 0.537. The number of hydrogen-bond donors (Lipinski definition) is 1. The van der Waals surface area contributed by atoms with Crippen LogP contribution in [0.15, 0.2) is 48.9 Å². The molecule has 0 spiro atoms. The number of benzene rings is 1. The minimum Gasteiger partial charge on any atom is -0.364 e. The lowest BCUT2D eigenvalue weighted by atomic mass is 10.2. The van der Waals surface area contributed by atoms with E-state index in [1.54, 1.807) is 6.20 Å². The Balaban J connectivity index is 1.73. The van der Waals surface area contributed by atoms with Crippen LogP contribution < -0.4 is 5.32 Å². The van der Waals surface area contributed by atoms with Gasteiger partial charge in [0.15, 0.2) is 11.5 Å². The molecule has 1 fully saturated rings. The number of imidazole rings is 1. The van der Waals surface area contributed by atoms with Gasteiger partial charge in [0, 0.05) is 30.2 Å². The van der Waals surface area contributed by atoms with E-state index in [1.807, 2.05) is 47.1 Å². The summed E-state index contributed by atoms with van der Waals surface area (Å²) in [6, 6.07) is 10.5. The van der Waals surface area contributed by atoms with E-state index < -0.39 is 0 Å². The van der Waals surface area contributed by atoms with Gasteiger partial charge in [-0.05, 0) is 30.9 Å². The Morgan fingerprint density at radius 3 is 2.81 bits per heavy atom. The van der Waals surface area contributed by atoms with Crippen LogP contribution in [-0.4, -0.2) is 20.4 Å². The van der Waals surface area contributed by atoms with Crippen LogP contribution >= 0.6 is 0 Å². The van der Waals surface area contributed by atoms with Gasteiger partial charge in [-0.15, -0.1) is 0 Å². The van der Waals surface area contributed by atoms with Crippen LogP contribution in [-0.2, 0) is 0 Å². The quantitative estimate of drug-likeness (QED) is 0.731. The second-order valence-corrected chi connectivity index (χ2v) is 5.17. The first-order valence-corrected chi connectivity index (χ1v) is 7.06. The third kappa shape index (κ3) is 2.59. The lowest BCUT2D eigenvalue weighted by molar-refractivity contribution is 1.06. The lowest BCUT2D eigenvalue weighted by Gasteiger charge is -2.05. The molecule has 1 aliphatic carbocycles. The minimum atomic E-state index is 0.537. The van der Waals surface area contributed by atoms with Crippen molar-refractivity contribution < 1.29 is 0 Å². The molecule has 4 heteroatoms. The van der Waals surface area contributed by atoms with E-state index in [0.717, 1.165) is 22.7 Å². The second kappa shape index (κ2) is 4.95. The topological polar surface area (TPSA) is 42.2 Å². The molecule has 4 rings (SSSR count). The molecule has 1 saturated carbocycles. The van der Waals surface area contributed by atoms with E-state index in [1.165, 1.54) is 12.8 Å². The average Bonchev–Trinajstić information content (AvgIpc) is 3.20. The molecule has 2 heterocycles. The van der Waals surface area contributed by atoms with Crippen molar-refractivity contribution in [3.05, 3.63) is 60.2 Å². The molecule has 2 aromatic heterocycles. The van der Waals surface area contributed by atoms with Crippen molar-refractivity contribution in [3.63, 3.8) is 0 Å². The maximum atomic E-state index is 4.60. The molecule has 1 aliphatic rings. The monoisotopic (exact) mass is 274 g/mol. The van der Waals surface area contributed by atoms with Gasteiger partial charge in [-0.3, -0.25) is 0 Å². The van der Waals surface area contributed by atoms with Crippen molar-refractivity contribution in [1.29, 1.82) is 0 Å². The van der Waals surface area contributed by atoms with Gasteiger partial charge in [-0.2, -0.15) is 0 Å². The summed E-state index contributed by atoms with van der Waals surface area (Å²) < 4.78 is 1.96. The Bertz CT molecular complexity index is 835. The standard InChI is InChI=1S/C17H14N4/c1-2-4-13(5-3-1)6-7-15-12-21-11-10-18-17(21)16(20-15)19-14-8-9-14/h1-5,10-12,14H,8-9H2,(H,19,20). The molecule has 21 heavy (non-hydrogen) atoms. The molecule has 0 aliphatic heterocycles. The van der Waals surface area contributed by atoms with Gasteiger partial charge in [0.1, 0.15) is 5.69 Å². The normalized spacial score (nSPS) is 13.7. The molecular formula is C17H14N4. The molecule has 0 atom stereocenters. The summed E-state index contributed by atoms with van der Waals surface area (Å²) in [6.45, 7) is 0. The fraction of sp³-hybridized carbons (Fsp3) is 0.176. The summed E-state index contributed by atoms with van der Waals surface area (Å²) in [5, 5.41) is 3.42. The molecule has 102 valence electrons. The molecule has 0 bridgehead atoms. The lowest BCUT2D eigenvalue weighted by Crippen LogP contribution is -2.06. The highest BCUT2D eigenvalue weighted by molar-refractivity contribution is 5.64. The van der Waals surface area contributed by atoms with Crippen LogP contribution in [0.1, 0.15) is 24.1 Å². The zero-order chi connectivity index (χ0) is 14.1. The number of nitrogens with one attached hydrogen (secondary N) is 1. The number of fused-ring (bicyclic) bond motifs is 1. The molecular weight excluding hydrogens is 260 g/mol. The first-order valence-electron chi connectivity index (χ1n) is 7.06. The van der Waals surface area contributed by atoms with E-state index in [2.05, 4.69) is 27.1 Å². The molecule has 1 aromatic carbocycles. The number of hydrogen-bond acceptors (Lipinski definition) is 3. The van der Waals surface area contributed by atoms with Crippen molar-refractivity contribution >= 4 is 11.5 Å². The van der Waals surface area contributed by atoms with Crippen molar-refractivity contribution in [2.24, 2.45) is 0 Å². The van der Waals surface area contributed by atoms with Crippen molar-refractivity contribution in [2.75, 3.05) is 5.32 Å². The molecule has 1 N–H and O–H groups in total. The average molecular weight is 274 g/mol. The van der Waals surface area contributed by atoms with E-state index in [-0.39, 0.29) is 0 Å². The Kier molecular flexibility index (Phi) is 2.82. The SMILES string of the molecule is C(#Cc1cn2ccnc2c(NC2CC2)n1)c1ccccc1. The van der Waals surface area contributed by atoms with Gasteiger partial charge in [0.2, 0.25) is 0 Å². The predicted octanol–water partition coefficient (Wildman–Crippen LogP) is 2.70. The highest BCUT2D eigenvalue weighted by Crippen LogP contribution is 2.25. The van der Waals surface area contributed by atoms with E-state index in [0.29, 0.717) is 6.04 Å². The Morgan fingerprint density at radius 2 is 2.00 bits per heavy atom. The zero-order valence-corrected chi connectivity index (χ0v) is 11.5. The van der Waals surface area contributed by atoms with Gasteiger partial charge in [0.25, 0.3) is 0 Å². The maximum absolute atomic E-state index is 4.60. The van der Waals surface area contributed by atoms with Crippen LogP contribution in [0.25, 0.3) is 5.65 Å². The number of aromatic nitrogens is 3. The Hall–Kier alpha value is -2.80. The van der Waals surface area contributed by atoms with Gasteiger partial charge in [-0.1, -0.05) is 24.1 Å². The molecule has 0 radical (unpaired) electrons. The van der Waals surface area contributed by atoms with Crippen LogP contribution in [0.5, 0.6) is 0 Å². The first-order chi connectivity index (χ1) is 10.4. The molecule has 0 amide bonds. The largest absolute Gasteiger partial charge is 0.364 e. The molecule has 3 aromatic rings. The summed E-state index contributed by atoms with van der Waals surface area (Å²) in [7, 11) is 0. The maximum Gasteiger partial charge on any atom is 0.180 e. The van der Waals surface area contributed by atoms with Gasteiger partial charge < -0.3 is 9.72 Å². The fourth-order valence-corrected chi connectivity index (χ4v) is 2.17. The van der Waals surface area contributed by atoms with Crippen LogP contribution in [0.4, 0.5) is 5.82 Å².